The molecular formula is C10H12AlNO4S. The number of amides is 1. The molecule has 0 saturated heterocycles. The van der Waals surface area contributed by atoms with Gasteiger partial charge >= 0.3 is 16.6 Å². The van der Waals surface area contributed by atoms with Gasteiger partial charge in [0.1, 0.15) is 0 Å². The number of carbonyl (C=O) groups excluding carboxylic acids is 1. The molecule has 1 amide bonds. The smallest absolute Gasteiger partial charge is 0.369 e. The lowest BCUT2D eigenvalue weighted by Crippen LogP contribution is -2.33. The van der Waals surface area contributed by atoms with E-state index in [-0.39, 0.29) is 11.5 Å². The highest BCUT2D eigenvalue weighted by atomic mass is 32.2. The Morgan fingerprint density at radius 2 is 2.06 bits per heavy atom. The van der Waals surface area contributed by atoms with Crippen LogP contribution in [0.4, 0.5) is 0 Å². The zero-order valence-electron chi connectivity index (χ0n) is 9.56. The fourth-order valence-electron chi connectivity index (χ4n) is 1.41. The second-order valence-electron chi connectivity index (χ2n) is 3.61. The van der Waals surface area contributed by atoms with E-state index in [1.807, 2.05) is 28.3 Å². The van der Waals surface area contributed by atoms with Crippen LogP contribution in [-0.2, 0) is 18.6 Å². The van der Waals surface area contributed by atoms with Crippen molar-refractivity contribution in [2.45, 2.75) is 18.7 Å². The number of hydrogen-bond donors (Lipinski definition) is 1. The van der Waals surface area contributed by atoms with Gasteiger partial charge in [-0.25, -0.2) is 13.1 Å². The lowest BCUT2D eigenvalue weighted by atomic mass is 10.2. The van der Waals surface area contributed by atoms with E-state index in [0.29, 0.717) is 5.56 Å². The molecule has 0 saturated carbocycles. The first-order chi connectivity index (χ1) is 7.86. The molecule has 0 fully saturated rings. The number of nitrogens with one attached hydrogen (secondary N) is 1. The molecule has 1 rings (SSSR count). The normalized spacial score (nSPS) is 11.2. The van der Waals surface area contributed by atoms with Crippen LogP contribution < -0.4 is 4.72 Å². The van der Waals surface area contributed by atoms with Crippen molar-refractivity contribution in [1.29, 1.82) is 0 Å². The zero-order valence-corrected chi connectivity index (χ0v) is 11.5. The van der Waals surface area contributed by atoms with Crippen molar-refractivity contribution >= 4 is 32.6 Å². The summed E-state index contributed by atoms with van der Waals surface area (Å²) in [5.41, 5.74) is 1.55. The van der Waals surface area contributed by atoms with Gasteiger partial charge in [-0.1, -0.05) is 17.7 Å². The molecule has 0 unspecified atom stereocenters. The van der Waals surface area contributed by atoms with Crippen molar-refractivity contribution in [3.63, 3.8) is 0 Å². The predicted octanol–water partition coefficient (Wildman–Crippen LogP) is 0.208. The molecular weight excluding hydrogens is 257 g/mol. The molecule has 1 aromatic carbocycles. The molecule has 1 N–H and O–H groups in total. The first-order valence-corrected chi connectivity index (χ1v) is 6.77. The third kappa shape index (κ3) is 3.82. The second-order valence-corrected chi connectivity index (χ2v) is 5.59. The number of carbonyl (C=O) groups is 1. The minimum Gasteiger partial charge on any atom is -0.509 e. The average molecular weight is 269 g/mol. The van der Waals surface area contributed by atoms with Crippen LogP contribution in [0.25, 0.3) is 0 Å². The Balaban J connectivity index is 3.01. The van der Waals surface area contributed by atoms with Gasteiger partial charge < -0.3 is 3.79 Å². The summed E-state index contributed by atoms with van der Waals surface area (Å²) in [6.45, 7) is 3.22. The van der Waals surface area contributed by atoms with Crippen molar-refractivity contribution in [2.24, 2.45) is 0 Å². The summed E-state index contributed by atoms with van der Waals surface area (Å²) < 4.78 is 30.1. The molecule has 90 valence electrons. The summed E-state index contributed by atoms with van der Waals surface area (Å²) in [6, 6.07) is 4.89. The van der Waals surface area contributed by atoms with E-state index in [1.54, 1.807) is 19.1 Å². The van der Waals surface area contributed by atoms with Crippen molar-refractivity contribution in [3.8, 4) is 0 Å². The van der Waals surface area contributed by atoms with Crippen LogP contribution >= 0.6 is 0 Å². The molecule has 2 radical (unpaired) electrons. The summed E-state index contributed by atoms with van der Waals surface area (Å²) in [5, 5.41) is 0. The van der Waals surface area contributed by atoms with E-state index < -0.39 is 15.9 Å². The fraction of sp³-hybridized carbons (Fsp3) is 0.300. The Bertz CT molecular complexity index is 527. The summed E-state index contributed by atoms with van der Waals surface area (Å²) in [7, 11) is -3.82. The van der Waals surface area contributed by atoms with Gasteiger partial charge in [-0.05, 0) is 25.5 Å². The molecule has 5 nitrogen and oxygen atoms in total. The molecule has 0 aliphatic heterocycles. The third-order valence-electron chi connectivity index (χ3n) is 2.08. The summed E-state index contributed by atoms with van der Waals surface area (Å²) in [4.78, 5) is 11.3. The van der Waals surface area contributed by atoms with Gasteiger partial charge in [0, 0.05) is 0 Å². The number of benzene rings is 1. The van der Waals surface area contributed by atoms with Crippen LogP contribution in [0.2, 0.25) is 0 Å². The lowest BCUT2D eigenvalue weighted by molar-refractivity contribution is -0.121. The van der Waals surface area contributed by atoms with Gasteiger partial charge in [0.25, 0.3) is 15.9 Å². The van der Waals surface area contributed by atoms with Gasteiger partial charge in [-0.3, -0.25) is 4.79 Å². The lowest BCUT2D eigenvalue weighted by Gasteiger charge is -2.09. The second kappa shape index (κ2) is 5.65. The molecule has 0 aromatic heterocycles. The summed E-state index contributed by atoms with van der Waals surface area (Å²) in [5.74, 6) is -0.708. The Kier molecular flexibility index (Phi) is 4.72. The van der Waals surface area contributed by atoms with Crippen LogP contribution in [0.1, 0.15) is 11.1 Å². The molecule has 0 atom stereocenters. The maximum Gasteiger partial charge on any atom is 0.369 e. The topological polar surface area (TPSA) is 72.5 Å². The molecule has 0 aliphatic carbocycles. The molecule has 0 spiro atoms. The highest BCUT2D eigenvalue weighted by Gasteiger charge is 2.19. The number of aryl methyl sites for hydroxylation is 2. The van der Waals surface area contributed by atoms with E-state index in [9.17, 15) is 13.2 Å². The van der Waals surface area contributed by atoms with Gasteiger partial charge in [0.05, 0.1) is 11.5 Å². The number of rotatable bonds is 4. The first-order valence-electron chi connectivity index (χ1n) is 4.81. The van der Waals surface area contributed by atoms with Gasteiger partial charge in [0.15, 0.2) is 0 Å². The van der Waals surface area contributed by atoms with Crippen LogP contribution in [0.3, 0.4) is 0 Å². The molecule has 17 heavy (non-hydrogen) atoms. The van der Waals surface area contributed by atoms with E-state index in [4.69, 9.17) is 0 Å². The Morgan fingerprint density at radius 1 is 1.41 bits per heavy atom. The summed E-state index contributed by atoms with van der Waals surface area (Å²) in [6.07, 6.45) is 0. The maximum absolute atomic E-state index is 11.9. The molecule has 0 bridgehead atoms. The third-order valence-corrected chi connectivity index (χ3v) is 3.78. The van der Waals surface area contributed by atoms with E-state index in [1.165, 1.54) is 6.07 Å². The van der Waals surface area contributed by atoms with Crippen molar-refractivity contribution in [2.75, 3.05) is 6.61 Å². The van der Waals surface area contributed by atoms with Gasteiger partial charge in [-0.15, -0.1) is 0 Å². The van der Waals surface area contributed by atoms with Crippen LogP contribution in [0, 0.1) is 13.8 Å². The van der Waals surface area contributed by atoms with Crippen molar-refractivity contribution in [3.05, 3.63) is 29.3 Å². The number of sulfonamides is 1. The molecule has 0 heterocycles. The van der Waals surface area contributed by atoms with E-state index in [0.717, 1.165) is 5.56 Å². The first kappa shape index (κ1) is 14.2. The largest absolute Gasteiger partial charge is 0.509 e. The van der Waals surface area contributed by atoms with Gasteiger partial charge in [0.2, 0.25) is 0 Å². The highest BCUT2D eigenvalue weighted by molar-refractivity contribution is 7.90. The Hall–Kier alpha value is -0.868. The minimum atomic E-state index is -3.82. The Labute approximate surface area is 109 Å². The predicted molar refractivity (Wildman–Crippen MR) is 63.0 cm³/mol. The van der Waals surface area contributed by atoms with E-state index >= 15 is 0 Å². The van der Waals surface area contributed by atoms with Crippen molar-refractivity contribution < 1.29 is 17.0 Å². The SMILES string of the molecule is Cc1ccc(S(=O)(=O)NC(=O)C[O][Al])c(C)c1. The highest BCUT2D eigenvalue weighted by Crippen LogP contribution is 2.15. The van der Waals surface area contributed by atoms with Crippen LogP contribution in [0.15, 0.2) is 23.1 Å². The maximum atomic E-state index is 11.9. The monoisotopic (exact) mass is 269 g/mol. The van der Waals surface area contributed by atoms with Gasteiger partial charge in [-0.2, -0.15) is 0 Å². The average Bonchev–Trinajstić information content (AvgIpc) is 2.15. The Morgan fingerprint density at radius 3 is 2.59 bits per heavy atom. The van der Waals surface area contributed by atoms with Crippen LogP contribution in [-0.4, -0.2) is 37.6 Å². The summed E-state index contributed by atoms with van der Waals surface area (Å²) >= 11 is 1.88. The minimum absolute atomic E-state index is 0.0974. The van der Waals surface area contributed by atoms with E-state index in [2.05, 4.69) is 3.79 Å². The fourth-order valence-corrected chi connectivity index (χ4v) is 2.76. The molecule has 1 aromatic rings. The number of hydrogen-bond acceptors (Lipinski definition) is 4. The standard InChI is InChI=1S/C10H12NO4S.Al/c1-7-3-4-9(8(2)5-7)16(14,15)11-10(13)6-12;/h3-5H,6H2,1-2H3,(H,11,13);/q-1;+1. The molecule has 0 aliphatic rings. The molecule has 7 heteroatoms. The van der Waals surface area contributed by atoms with Crippen molar-refractivity contribution in [1.82, 2.24) is 4.72 Å². The zero-order chi connectivity index (χ0) is 13.1. The van der Waals surface area contributed by atoms with Crippen LogP contribution in [0.5, 0.6) is 0 Å². The quantitative estimate of drug-likeness (QED) is 0.793.